The van der Waals surface area contributed by atoms with Gasteiger partial charge in [-0.15, -0.1) is 0 Å². The van der Waals surface area contributed by atoms with Gasteiger partial charge < -0.3 is 4.74 Å². The molecule has 0 unspecified atom stereocenters. The Kier molecular flexibility index (Phi) is 3.58. The molecule has 1 radical (unpaired) electrons. The van der Waals surface area contributed by atoms with Gasteiger partial charge in [-0.2, -0.15) is 5.10 Å². The first-order valence-electron chi connectivity index (χ1n) is 7.23. The third-order valence-corrected chi connectivity index (χ3v) is 4.42. The van der Waals surface area contributed by atoms with E-state index in [1.165, 1.54) is 23.1 Å². The molecule has 7 heteroatoms. The number of aromatic nitrogens is 3. The highest BCUT2D eigenvalue weighted by atomic mass is 35.5. The van der Waals surface area contributed by atoms with Gasteiger partial charge in [0.25, 0.3) is 0 Å². The van der Waals surface area contributed by atoms with Gasteiger partial charge in [0.05, 0.1) is 6.54 Å². The van der Waals surface area contributed by atoms with Crippen molar-refractivity contribution in [2.45, 2.75) is 18.2 Å². The molecule has 121 valence electrons. The van der Waals surface area contributed by atoms with E-state index in [4.69, 9.17) is 16.3 Å². The van der Waals surface area contributed by atoms with Crippen molar-refractivity contribution in [3.63, 3.8) is 0 Å². The van der Waals surface area contributed by atoms with Gasteiger partial charge in [-0.25, -0.2) is 18.4 Å². The summed E-state index contributed by atoms with van der Waals surface area (Å²) in [6, 6.07) is 10.6. The van der Waals surface area contributed by atoms with Crippen LogP contribution >= 0.6 is 11.6 Å². The van der Waals surface area contributed by atoms with Crippen LogP contribution in [0, 0.1) is 18.0 Å². The monoisotopic (exact) mass is 346 g/mol. The van der Waals surface area contributed by atoms with Crippen molar-refractivity contribution in [1.82, 2.24) is 14.8 Å². The van der Waals surface area contributed by atoms with Crippen LogP contribution in [0.15, 0.2) is 48.8 Å². The lowest BCUT2D eigenvalue weighted by molar-refractivity contribution is 0.256. The molecule has 1 aromatic heterocycles. The zero-order valence-electron chi connectivity index (χ0n) is 12.3. The van der Waals surface area contributed by atoms with Crippen molar-refractivity contribution in [1.29, 1.82) is 0 Å². The van der Waals surface area contributed by atoms with Crippen LogP contribution in [-0.4, -0.2) is 14.8 Å². The molecule has 2 heterocycles. The minimum atomic E-state index is -1.03. The lowest BCUT2D eigenvalue weighted by atomic mass is 9.91. The van der Waals surface area contributed by atoms with E-state index in [1.807, 2.05) is 12.1 Å². The minimum Gasteiger partial charge on any atom is -0.354 e. The Morgan fingerprint density at radius 3 is 2.79 bits per heavy atom. The normalized spacial score (nSPS) is 22.5. The molecule has 0 N–H and O–H groups in total. The van der Waals surface area contributed by atoms with E-state index in [-0.39, 0.29) is 12.1 Å². The number of ether oxygens (including phenoxy) is 1. The van der Waals surface area contributed by atoms with Gasteiger partial charge in [0.2, 0.25) is 0 Å². The zero-order chi connectivity index (χ0) is 16.7. The number of halogens is 3. The van der Waals surface area contributed by atoms with E-state index in [0.717, 1.165) is 11.6 Å². The molecule has 1 aliphatic rings. The average molecular weight is 347 g/mol. The lowest BCUT2D eigenvalue weighted by Gasteiger charge is -2.15. The standard InChI is InChI=1S/C17H11ClF2N3O/c18-14-4-2-1-3-12(14)16-17(24-16,8-23-10-21-9-22-23)13-6-5-11(19)7-15(13)20/h1-7,9,16H,8H2/t16-,17+/m1/s1. The molecule has 1 aliphatic heterocycles. The van der Waals surface area contributed by atoms with Crippen LogP contribution in [0.1, 0.15) is 17.2 Å². The molecule has 0 amide bonds. The molecule has 4 rings (SSSR count). The molecule has 3 aromatic rings. The minimum absolute atomic E-state index is 0.186. The number of epoxide rings is 1. The lowest BCUT2D eigenvalue weighted by Crippen LogP contribution is -2.21. The predicted molar refractivity (Wildman–Crippen MR) is 82.2 cm³/mol. The summed E-state index contributed by atoms with van der Waals surface area (Å²) in [4.78, 5) is 3.77. The highest BCUT2D eigenvalue weighted by Gasteiger charge is 2.60. The molecule has 2 aromatic carbocycles. The molecule has 1 fully saturated rings. The zero-order valence-corrected chi connectivity index (χ0v) is 13.0. The third kappa shape index (κ3) is 2.48. The van der Waals surface area contributed by atoms with E-state index >= 15 is 0 Å². The Hall–Kier alpha value is -2.31. The van der Waals surface area contributed by atoms with Gasteiger partial charge in [-0.3, -0.25) is 0 Å². The highest BCUT2D eigenvalue weighted by molar-refractivity contribution is 6.31. The van der Waals surface area contributed by atoms with Crippen molar-refractivity contribution in [2.24, 2.45) is 0 Å². The fourth-order valence-electron chi connectivity index (χ4n) is 2.93. The molecule has 1 saturated heterocycles. The molecule has 24 heavy (non-hydrogen) atoms. The fourth-order valence-corrected chi connectivity index (χ4v) is 3.16. The van der Waals surface area contributed by atoms with Crippen LogP contribution in [0.4, 0.5) is 8.78 Å². The maximum Gasteiger partial charge on any atom is 0.196 e. The summed E-state index contributed by atoms with van der Waals surface area (Å²) < 4.78 is 35.0. The molecular formula is C17H11ClF2N3O. The molecular weight excluding hydrogens is 336 g/mol. The first-order chi connectivity index (χ1) is 11.6. The number of nitrogens with zero attached hydrogens (tertiary/aromatic N) is 3. The number of hydrogen-bond acceptors (Lipinski definition) is 3. The fraction of sp³-hybridized carbons (Fsp3) is 0.176. The quantitative estimate of drug-likeness (QED) is 0.677. The van der Waals surface area contributed by atoms with Crippen LogP contribution in [-0.2, 0) is 16.9 Å². The predicted octanol–water partition coefficient (Wildman–Crippen LogP) is 3.68. The molecule has 0 spiro atoms. The summed E-state index contributed by atoms with van der Waals surface area (Å²) in [5.41, 5.74) is -0.0480. The topological polar surface area (TPSA) is 43.2 Å². The van der Waals surface area contributed by atoms with Crippen molar-refractivity contribution in [3.05, 3.63) is 82.9 Å². The van der Waals surface area contributed by atoms with Crippen molar-refractivity contribution in [3.8, 4) is 0 Å². The summed E-state index contributed by atoms with van der Waals surface area (Å²) in [6.07, 6.45) is 3.53. The second kappa shape index (κ2) is 5.65. The Morgan fingerprint density at radius 2 is 2.08 bits per heavy atom. The van der Waals surface area contributed by atoms with Crippen molar-refractivity contribution in [2.75, 3.05) is 0 Å². The van der Waals surface area contributed by atoms with E-state index < -0.39 is 23.3 Å². The first-order valence-corrected chi connectivity index (χ1v) is 7.61. The molecule has 4 nitrogen and oxygen atoms in total. The van der Waals surface area contributed by atoms with E-state index in [2.05, 4.69) is 16.4 Å². The van der Waals surface area contributed by atoms with Gasteiger partial charge in [0.15, 0.2) is 6.33 Å². The van der Waals surface area contributed by atoms with Gasteiger partial charge in [-0.1, -0.05) is 35.9 Å². The van der Waals surface area contributed by atoms with Crippen molar-refractivity contribution < 1.29 is 13.5 Å². The Balaban J connectivity index is 1.79. The average Bonchev–Trinajstić information content (AvgIpc) is 3.01. The van der Waals surface area contributed by atoms with Crippen LogP contribution in [0.5, 0.6) is 0 Å². The second-order valence-electron chi connectivity index (χ2n) is 5.55. The van der Waals surface area contributed by atoms with Gasteiger partial charge in [0, 0.05) is 22.2 Å². The van der Waals surface area contributed by atoms with Crippen molar-refractivity contribution >= 4 is 11.6 Å². The van der Waals surface area contributed by atoms with E-state index in [9.17, 15) is 8.78 Å². The van der Waals surface area contributed by atoms with Gasteiger partial charge >= 0.3 is 0 Å². The maximum absolute atomic E-state index is 14.4. The Morgan fingerprint density at radius 1 is 1.25 bits per heavy atom. The highest BCUT2D eigenvalue weighted by Crippen LogP contribution is 2.59. The summed E-state index contributed by atoms with van der Waals surface area (Å²) in [5.74, 6) is -1.32. The van der Waals surface area contributed by atoms with Gasteiger partial charge in [-0.05, 0) is 12.1 Å². The summed E-state index contributed by atoms with van der Waals surface area (Å²) >= 11 is 6.24. The molecule has 0 aliphatic carbocycles. The van der Waals surface area contributed by atoms with Gasteiger partial charge in [0.1, 0.15) is 29.7 Å². The third-order valence-electron chi connectivity index (χ3n) is 4.08. The maximum atomic E-state index is 14.4. The first kappa shape index (κ1) is 15.2. The molecule has 0 bridgehead atoms. The number of benzene rings is 2. The van der Waals surface area contributed by atoms with E-state index in [1.54, 1.807) is 12.1 Å². The second-order valence-corrected chi connectivity index (χ2v) is 5.96. The SMILES string of the molecule is Fc1ccc([C@]2(Cn3[c]ncn3)O[C@@H]2c2ccccc2Cl)c(F)c1. The number of hydrogen-bond donors (Lipinski definition) is 0. The summed E-state index contributed by atoms with van der Waals surface area (Å²) in [7, 11) is 0. The number of rotatable bonds is 4. The van der Waals surface area contributed by atoms with Crippen LogP contribution in [0.2, 0.25) is 5.02 Å². The Bertz CT molecular complexity index is 887. The van der Waals surface area contributed by atoms with E-state index in [0.29, 0.717) is 5.02 Å². The van der Waals surface area contributed by atoms with Crippen LogP contribution < -0.4 is 0 Å². The van der Waals surface area contributed by atoms with Crippen LogP contribution in [0.25, 0.3) is 0 Å². The molecule has 0 saturated carbocycles. The summed E-state index contributed by atoms with van der Waals surface area (Å²) in [5, 5.41) is 4.53. The Labute approximate surface area is 141 Å². The largest absolute Gasteiger partial charge is 0.354 e. The smallest absolute Gasteiger partial charge is 0.196 e. The molecule has 2 atom stereocenters. The summed E-state index contributed by atoms with van der Waals surface area (Å²) in [6.45, 7) is 0.186. The van der Waals surface area contributed by atoms with Crippen LogP contribution in [0.3, 0.4) is 0 Å².